The first-order valence-corrected chi connectivity index (χ1v) is 34.2. The van der Waals surface area contributed by atoms with Crippen molar-refractivity contribution >= 4 is 33.8 Å². The number of non-ortho nitro benzene ring substituents is 1. The molecule has 85 heavy (non-hydrogen) atoms. The van der Waals surface area contributed by atoms with Crippen LogP contribution in [-0.4, -0.2) is 47.5 Å². The molecule has 13 nitrogen and oxygen atoms in total. The third-order valence-electron chi connectivity index (χ3n) is 14.6. The van der Waals surface area contributed by atoms with E-state index in [9.17, 15) is 10.1 Å². The van der Waals surface area contributed by atoms with Crippen LogP contribution >= 0.6 is 22.1 Å². The maximum Gasteiger partial charge on any atom is 0.338 e. The summed E-state index contributed by atoms with van der Waals surface area (Å²) in [5.41, 5.74) is 5.33. The average molecular weight is 1190 g/mol. The van der Waals surface area contributed by atoms with Gasteiger partial charge in [-0.05, 0) is 56.6 Å². The molecule has 1 fully saturated rings. The van der Waals surface area contributed by atoms with E-state index < -0.39 is 69.6 Å². The van der Waals surface area contributed by atoms with Crippen LogP contribution in [-0.2, 0) is 91.7 Å². The van der Waals surface area contributed by atoms with Crippen molar-refractivity contribution in [3.05, 3.63) is 327 Å². The van der Waals surface area contributed by atoms with Crippen molar-refractivity contribution in [3.63, 3.8) is 0 Å². The van der Waals surface area contributed by atoms with Gasteiger partial charge in [-0.15, -0.1) is 0 Å². The van der Waals surface area contributed by atoms with Gasteiger partial charge in [0, 0.05) is 12.1 Å². The standard InChI is InChI=1S/C69H66NO12P3/c71-69(61-41-43-62(44-42-61)70(72)73)79-65-63(77-45-53-25-9-1-10-26-53)67(81-84(75,49-57-33-17-5-18-34-57)50-58-35-19-6-20-36-58)68(82-85(76,51-59-37-21-7-22-38-59)52-60-39-23-8-24-40-60)64(78-46-54-27-11-2-12-28-54)66(65)80-83(74,47-55-29-13-3-14-30-55)48-56-31-15-4-16-32-56/h1-44,63-68H,45-52H2/t63-,64-,65+,66-,67+,68+/m1/s1. The monoisotopic (exact) mass is 1190 g/mol. The Morgan fingerprint density at radius 3 is 0.824 bits per heavy atom. The van der Waals surface area contributed by atoms with Gasteiger partial charge in [0.25, 0.3) is 5.69 Å². The Morgan fingerprint density at radius 2 is 0.565 bits per heavy atom. The number of carbonyl (C=O) groups excluding carboxylic acids is 1. The van der Waals surface area contributed by atoms with Crippen molar-refractivity contribution in [2.24, 2.45) is 0 Å². The number of hydrogen-bond acceptors (Lipinski definition) is 12. The van der Waals surface area contributed by atoms with Gasteiger partial charge in [-0.3, -0.25) is 23.8 Å². The Kier molecular flexibility index (Phi) is 20.6. The third kappa shape index (κ3) is 17.0. The number of hydrogen-bond donors (Lipinski definition) is 0. The maximum absolute atomic E-state index is 16.7. The highest BCUT2D eigenvalue weighted by atomic mass is 31.2. The molecule has 9 aromatic carbocycles. The van der Waals surface area contributed by atoms with Gasteiger partial charge in [-0.25, -0.2) is 4.79 Å². The number of ether oxygens (including phenoxy) is 3. The van der Waals surface area contributed by atoms with Crippen molar-refractivity contribution < 1.29 is 51.2 Å². The second-order valence-corrected chi connectivity index (χ2v) is 28.6. The molecule has 1 aliphatic rings. The Bertz CT molecular complexity index is 3550. The van der Waals surface area contributed by atoms with Crippen molar-refractivity contribution in [2.75, 3.05) is 0 Å². The van der Waals surface area contributed by atoms with Gasteiger partial charge in [0.15, 0.2) is 6.10 Å². The molecule has 0 aromatic heterocycles. The van der Waals surface area contributed by atoms with Crippen LogP contribution < -0.4 is 0 Å². The van der Waals surface area contributed by atoms with Gasteiger partial charge in [0.1, 0.15) is 30.5 Å². The Hall–Kier alpha value is -7.66. The first-order valence-electron chi connectivity index (χ1n) is 28.2. The van der Waals surface area contributed by atoms with Crippen LogP contribution in [0, 0.1) is 10.1 Å². The van der Waals surface area contributed by atoms with E-state index in [1.165, 1.54) is 24.3 Å². The quantitative estimate of drug-likeness (QED) is 0.0207. The van der Waals surface area contributed by atoms with Crippen molar-refractivity contribution in [3.8, 4) is 0 Å². The van der Waals surface area contributed by atoms with Crippen LogP contribution in [0.5, 0.6) is 0 Å². The maximum atomic E-state index is 16.7. The Morgan fingerprint density at radius 1 is 0.329 bits per heavy atom. The fraction of sp³-hybridized carbons (Fsp3) is 0.203. The second-order valence-electron chi connectivity index (χ2n) is 21.2. The molecule has 0 heterocycles. The Labute approximate surface area is 496 Å². The Balaban J connectivity index is 1.23. The minimum Gasteiger partial charge on any atom is -0.453 e. The zero-order valence-electron chi connectivity index (χ0n) is 46.7. The zero-order chi connectivity index (χ0) is 58.9. The average Bonchev–Trinajstić information content (AvgIpc) is 1.44. The summed E-state index contributed by atoms with van der Waals surface area (Å²) < 4.78 is 93.7. The topological polar surface area (TPSA) is 167 Å². The van der Waals surface area contributed by atoms with Gasteiger partial charge >= 0.3 is 5.97 Å². The summed E-state index contributed by atoms with van der Waals surface area (Å²) in [6, 6.07) is 79.5. The molecule has 1 aliphatic carbocycles. The highest BCUT2D eigenvalue weighted by Gasteiger charge is 2.60. The largest absolute Gasteiger partial charge is 0.453 e. The van der Waals surface area contributed by atoms with Crippen LogP contribution in [0.4, 0.5) is 5.69 Å². The lowest BCUT2D eigenvalue weighted by atomic mass is 9.84. The van der Waals surface area contributed by atoms with Crippen LogP contribution in [0.25, 0.3) is 0 Å². The number of esters is 1. The number of nitro benzene ring substituents is 1. The van der Waals surface area contributed by atoms with Crippen LogP contribution in [0.1, 0.15) is 54.9 Å². The third-order valence-corrected chi connectivity index (χ3v) is 21.6. The molecule has 0 bridgehead atoms. The van der Waals surface area contributed by atoms with Crippen molar-refractivity contribution in [1.82, 2.24) is 0 Å². The number of carbonyl (C=O) groups is 1. The van der Waals surface area contributed by atoms with E-state index in [4.69, 9.17) is 27.8 Å². The van der Waals surface area contributed by atoms with Gasteiger partial charge in [-0.2, -0.15) is 0 Å². The molecule has 10 rings (SSSR count). The van der Waals surface area contributed by atoms with Crippen LogP contribution in [0.3, 0.4) is 0 Å². The number of nitrogens with zero attached hydrogens (tertiary/aromatic N) is 1. The van der Waals surface area contributed by atoms with E-state index >= 15 is 18.5 Å². The van der Waals surface area contributed by atoms with Gasteiger partial charge in [0.2, 0.25) is 22.1 Å². The number of nitro groups is 1. The highest BCUT2D eigenvalue weighted by molar-refractivity contribution is 7.58. The molecule has 0 N–H and O–H groups in total. The zero-order valence-corrected chi connectivity index (χ0v) is 49.4. The normalized spacial score (nSPS) is 18.1. The van der Waals surface area contributed by atoms with Gasteiger partial charge < -0.3 is 27.8 Å². The second kappa shape index (κ2) is 29.0. The fourth-order valence-electron chi connectivity index (χ4n) is 10.7. The molecular formula is C69H66NO12P3. The summed E-state index contributed by atoms with van der Waals surface area (Å²) in [5, 5.41) is 11.9. The van der Waals surface area contributed by atoms with E-state index in [1.807, 2.05) is 243 Å². The van der Waals surface area contributed by atoms with E-state index in [0.29, 0.717) is 44.5 Å². The summed E-state index contributed by atoms with van der Waals surface area (Å²) in [5.74, 6) is -0.946. The molecule has 1 saturated carbocycles. The summed E-state index contributed by atoms with van der Waals surface area (Å²) in [6.45, 7) is -0.253. The first kappa shape index (κ1) is 60.5. The predicted octanol–water partition coefficient (Wildman–Crippen LogP) is 16.5. The molecule has 16 heteroatoms. The molecule has 0 saturated heterocycles. The van der Waals surface area contributed by atoms with Crippen LogP contribution in [0.2, 0.25) is 0 Å². The molecule has 0 amide bonds. The van der Waals surface area contributed by atoms with Gasteiger partial charge in [-0.1, -0.05) is 243 Å². The smallest absolute Gasteiger partial charge is 0.338 e. The van der Waals surface area contributed by atoms with E-state index in [2.05, 4.69) is 0 Å². The molecule has 0 spiro atoms. The van der Waals surface area contributed by atoms with Gasteiger partial charge in [0.05, 0.1) is 60.7 Å². The molecule has 434 valence electrons. The van der Waals surface area contributed by atoms with Crippen molar-refractivity contribution in [1.29, 1.82) is 0 Å². The lowest BCUT2D eigenvalue weighted by Gasteiger charge is -2.50. The fourth-order valence-corrected chi connectivity index (χ4v) is 18.1. The SMILES string of the molecule is O=C(O[C@H]1[C@@H](OCc2ccccc2)[C@H](OP(=O)(Cc2ccccc2)Cc2ccccc2)[C@@H](OP(=O)(Cc2ccccc2)Cc2ccccc2)[C@H](OCc2ccccc2)[C@H]1OP(=O)(Cc1ccccc1)Cc1ccccc1)c1ccc([N+](=O)[O-])cc1. The van der Waals surface area contributed by atoms with Crippen molar-refractivity contribution in [2.45, 2.75) is 86.8 Å². The lowest BCUT2D eigenvalue weighted by Crippen LogP contribution is -2.67. The minimum absolute atomic E-state index is 0.0606. The lowest BCUT2D eigenvalue weighted by molar-refractivity contribution is -0.384. The summed E-state index contributed by atoms with van der Waals surface area (Å²) in [7, 11) is -12.3. The van der Waals surface area contributed by atoms with E-state index in [1.54, 1.807) is 0 Å². The van der Waals surface area contributed by atoms with E-state index in [0.717, 1.165) is 0 Å². The summed E-state index contributed by atoms with van der Waals surface area (Å²) in [6.07, 6.45) is -9.85. The number of rotatable bonds is 27. The minimum atomic E-state index is -4.10. The summed E-state index contributed by atoms with van der Waals surface area (Å²) in [4.78, 5) is 26.6. The highest BCUT2D eigenvalue weighted by Crippen LogP contribution is 2.62. The summed E-state index contributed by atoms with van der Waals surface area (Å²) >= 11 is 0. The first-order chi connectivity index (χ1) is 41.4. The van der Waals surface area contributed by atoms with E-state index in [-0.39, 0.29) is 61.4 Å². The molecular weight excluding hydrogens is 1130 g/mol. The molecule has 0 unspecified atom stereocenters. The molecule has 6 atom stereocenters. The molecule has 0 radical (unpaired) electrons. The van der Waals surface area contributed by atoms with Crippen LogP contribution in [0.15, 0.2) is 267 Å². The number of benzene rings is 9. The molecule has 9 aromatic rings. The molecule has 0 aliphatic heterocycles. The predicted molar refractivity (Wildman–Crippen MR) is 331 cm³/mol.